The van der Waals surface area contributed by atoms with E-state index >= 15 is 0 Å². The number of hydrogen-bond acceptors (Lipinski definition) is 3. The first-order valence-corrected chi connectivity index (χ1v) is 9.41. The van der Waals surface area contributed by atoms with Crippen LogP contribution in [0.4, 0.5) is 0 Å². The first-order valence-electron chi connectivity index (χ1n) is 9.03. The van der Waals surface area contributed by atoms with Gasteiger partial charge in [-0.2, -0.15) is 5.10 Å². The van der Waals surface area contributed by atoms with Crippen molar-refractivity contribution in [3.63, 3.8) is 0 Å². The van der Waals surface area contributed by atoms with Gasteiger partial charge in [0.15, 0.2) is 0 Å². The Bertz CT molecular complexity index is 1100. The second-order valence-corrected chi connectivity index (χ2v) is 6.95. The van der Waals surface area contributed by atoms with Crippen LogP contribution in [0.3, 0.4) is 0 Å². The summed E-state index contributed by atoms with van der Waals surface area (Å²) in [4.78, 5) is 0. The van der Waals surface area contributed by atoms with Crippen molar-refractivity contribution in [2.24, 2.45) is 0 Å². The molecule has 3 aromatic carbocycles. The standard InChI is InChI=1S/C23H19ClN2O2/c1-2-21-22(15-3-11-19(27)12-4-15)25-26(18-9-7-17(24)8-10-18)23(21)16-5-13-20(28)14-6-16/h3-14,27-28H,2H2,1H3. The van der Waals surface area contributed by atoms with Crippen LogP contribution >= 0.6 is 11.6 Å². The van der Waals surface area contributed by atoms with Gasteiger partial charge in [0, 0.05) is 21.7 Å². The average molecular weight is 391 g/mol. The molecule has 4 aromatic rings. The van der Waals surface area contributed by atoms with Crippen molar-refractivity contribution in [3.8, 4) is 39.7 Å². The van der Waals surface area contributed by atoms with Crippen LogP contribution in [0.5, 0.6) is 11.5 Å². The fraction of sp³-hybridized carbons (Fsp3) is 0.0870. The Morgan fingerprint density at radius 1 is 0.786 bits per heavy atom. The number of rotatable bonds is 4. The second kappa shape index (κ2) is 7.41. The fourth-order valence-electron chi connectivity index (χ4n) is 3.32. The van der Waals surface area contributed by atoms with E-state index < -0.39 is 0 Å². The first kappa shape index (κ1) is 18.1. The highest BCUT2D eigenvalue weighted by Crippen LogP contribution is 2.36. The van der Waals surface area contributed by atoms with Crippen LogP contribution in [-0.4, -0.2) is 20.0 Å². The molecule has 0 saturated carbocycles. The minimum Gasteiger partial charge on any atom is -0.508 e. The number of aromatic hydroxyl groups is 2. The number of aromatic nitrogens is 2. The summed E-state index contributed by atoms with van der Waals surface area (Å²) in [6, 6.07) is 21.7. The third kappa shape index (κ3) is 3.35. The third-order valence-electron chi connectivity index (χ3n) is 4.69. The van der Waals surface area contributed by atoms with E-state index in [1.807, 2.05) is 53.2 Å². The molecule has 0 saturated heterocycles. The number of phenols is 2. The first-order chi connectivity index (χ1) is 13.6. The van der Waals surface area contributed by atoms with Crippen LogP contribution in [0.15, 0.2) is 72.8 Å². The summed E-state index contributed by atoms with van der Waals surface area (Å²) in [5, 5.41) is 24.9. The van der Waals surface area contributed by atoms with Gasteiger partial charge in [0.05, 0.1) is 17.1 Å². The van der Waals surface area contributed by atoms with Crippen LogP contribution in [0, 0.1) is 0 Å². The quantitative estimate of drug-likeness (QED) is 0.460. The van der Waals surface area contributed by atoms with Crippen molar-refractivity contribution in [2.45, 2.75) is 13.3 Å². The number of phenolic OH excluding ortho intramolecular Hbond substituents is 2. The Kier molecular flexibility index (Phi) is 4.80. The molecule has 140 valence electrons. The average Bonchev–Trinajstić information content (AvgIpc) is 3.09. The molecule has 0 unspecified atom stereocenters. The molecule has 2 N–H and O–H groups in total. The second-order valence-electron chi connectivity index (χ2n) is 6.51. The van der Waals surface area contributed by atoms with E-state index in [-0.39, 0.29) is 11.5 Å². The molecule has 5 heteroatoms. The van der Waals surface area contributed by atoms with Gasteiger partial charge in [-0.15, -0.1) is 0 Å². The Labute approximate surface area is 168 Å². The highest BCUT2D eigenvalue weighted by Gasteiger charge is 2.20. The summed E-state index contributed by atoms with van der Waals surface area (Å²) in [6.07, 6.45) is 0.778. The molecular weight excluding hydrogens is 372 g/mol. The summed E-state index contributed by atoms with van der Waals surface area (Å²) >= 11 is 6.07. The predicted molar refractivity (Wildman–Crippen MR) is 112 cm³/mol. The maximum atomic E-state index is 9.70. The lowest BCUT2D eigenvalue weighted by molar-refractivity contribution is 0.475. The van der Waals surface area contributed by atoms with E-state index in [9.17, 15) is 10.2 Å². The third-order valence-corrected chi connectivity index (χ3v) is 4.94. The Morgan fingerprint density at radius 3 is 1.86 bits per heavy atom. The predicted octanol–water partition coefficient (Wildman–Crippen LogP) is 5.83. The minimum absolute atomic E-state index is 0.220. The van der Waals surface area contributed by atoms with Crippen molar-refractivity contribution in [3.05, 3.63) is 83.4 Å². The van der Waals surface area contributed by atoms with Gasteiger partial charge in [-0.05, 0) is 79.2 Å². The molecule has 28 heavy (non-hydrogen) atoms. The van der Waals surface area contributed by atoms with E-state index in [1.165, 1.54) is 0 Å². The fourth-order valence-corrected chi connectivity index (χ4v) is 3.45. The van der Waals surface area contributed by atoms with Crippen LogP contribution < -0.4 is 0 Å². The van der Waals surface area contributed by atoms with Gasteiger partial charge in [-0.3, -0.25) is 0 Å². The van der Waals surface area contributed by atoms with E-state index in [1.54, 1.807) is 24.3 Å². The van der Waals surface area contributed by atoms with E-state index in [0.29, 0.717) is 5.02 Å². The van der Waals surface area contributed by atoms with Crippen molar-refractivity contribution in [2.75, 3.05) is 0 Å². The van der Waals surface area contributed by atoms with Gasteiger partial charge >= 0.3 is 0 Å². The Morgan fingerprint density at radius 2 is 1.32 bits per heavy atom. The van der Waals surface area contributed by atoms with Crippen molar-refractivity contribution in [1.29, 1.82) is 0 Å². The molecule has 1 heterocycles. The van der Waals surface area contributed by atoms with Gasteiger partial charge in [0.25, 0.3) is 0 Å². The zero-order chi connectivity index (χ0) is 19.7. The van der Waals surface area contributed by atoms with Gasteiger partial charge in [-0.25, -0.2) is 4.68 Å². The van der Waals surface area contributed by atoms with E-state index in [2.05, 4.69) is 6.92 Å². The van der Waals surface area contributed by atoms with Gasteiger partial charge in [0.2, 0.25) is 0 Å². The monoisotopic (exact) mass is 390 g/mol. The molecule has 1 aromatic heterocycles. The van der Waals surface area contributed by atoms with Gasteiger partial charge in [0.1, 0.15) is 11.5 Å². The maximum Gasteiger partial charge on any atom is 0.115 e. The SMILES string of the molecule is CCc1c(-c2ccc(O)cc2)nn(-c2ccc(Cl)cc2)c1-c1ccc(O)cc1. The molecule has 0 radical (unpaired) electrons. The largest absolute Gasteiger partial charge is 0.508 e. The molecule has 0 fully saturated rings. The summed E-state index contributed by atoms with van der Waals surface area (Å²) in [7, 11) is 0. The van der Waals surface area contributed by atoms with Crippen LogP contribution in [0.25, 0.3) is 28.2 Å². The van der Waals surface area contributed by atoms with E-state index in [4.69, 9.17) is 16.7 Å². The van der Waals surface area contributed by atoms with Crippen LogP contribution in [0.1, 0.15) is 12.5 Å². The number of hydrogen-bond donors (Lipinski definition) is 2. The molecule has 0 bridgehead atoms. The molecule has 4 nitrogen and oxygen atoms in total. The van der Waals surface area contributed by atoms with Gasteiger partial charge < -0.3 is 10.2 Å². The lowest BCUT2D eigenvalue weighted by Gasteiger charge is -2.10. The Hall–Kier alpha value is -3.24. The normalized spacial score (nSPS) is 10.9. The molecule has 0 atom stereocenters. The molecule has 0 spiro atoms. The molecule has 0 aliphatic carbocycles. The molecule has 0 aliphatic rings. The molecular formula is C23H19ClN2O2. The summed E-state index contributed by atoms with van der Waals surface area (Å²) in [5.74, 6) is 0.441. The van der Waals surface area contributed by atoms with E-state index in [0.717, 1.165) is 40.2 Å². The lowest BCUT2D eigenvalue weighted by atomic mass is 9.99. The van der Waals surface area contributed by atoms with Crippen LogP contribution in [-0.2, 0) is 6.42 Å². The lowest BCUT2D eigenvalue weighted by Crippen LogP contribution is -1.99. The molecule has 0 aliphatic heterocycles. The smallest absolute Gasteiger partial charge is 0.115 e. The van der Waals surface area contributed by atoms with Crippen LogP contribution in [0.2, 0.25) is 5.02 Å². The van der Waals surface area contributed by atoms with Crippen molar-refractivity contribution in [1.82, 2.24) is 9.78 Å². The number of benzene rings is 3. The van der Waals surface area contributed by atoms with Gasteiger partial charge in [-0.1, -0.05) is 18.5 Å². The molecule has 4 rings (SSSR count). The van der Waals surface area contributed by atoms with Crippen molar-refractivity contribution < 1.29 is 10.2 Å². The summed E-state index contributed by atoms with van der Waals surface area (Å²) in [5.41, 5.74) is 5.71. The van der Waals surface area contributed by atoms with Crippen molar-refractivity contribution >= 4 is 11.6 Å². The summed E-state index contributed by atoms with van der Waals surface area (Å²) < 4.78 is 1.91. The molecule has 0 amide bonds. The highest BCUT2D eigenvalue weighted by molar-refractivity contribution is 6.30. The minimum atomic E-state index is 0.220. The zero-order valence-corrected chi connectivity index (χ0v) is 16.1. The number of halogens is 1. The number of nitrogens with zero attached hydrogens (tertiary/aromatic N) is 2. The summed E-state index contributed by atoms with van der Waals surface area (Å²) in [6.45, 7) is 2.09. The Balaban J connectivity index is 1.99. The highest BCUT2D eigenvalue weighted by atomic mass is 35.5. The maximum absolute atomic E-state index is 9.70. The zero-order valence-electron chi connectivity index (χ0n) is 15.3. The topological polar surface area (TPSA) is 58.3 Å².